The average Bonchev–Trinajstić information content (AvgIpc) is 3.13. The molecule has 4 rings (SSSR count). The van der Waals surface area contributed by atoms with E-state index < -0.39 is 0 Å². The molecule has 0 fully saturated rings. The molecule has 2 aromatic carbocycles. The number of hydrogen-bond donors (Lipinski definition) is 0. The van der Waals surface area contributed by atoms with Gasteiger partial charge in [-0.2, -0.15) is 0 Å². The van der Waals surface area contributed by atoms with Gasteiger partial charge in [0.2, 0.25) is 0 Å². The molecule has 166 valence electrons. The Morgan fingerprint density at radius 2 is 1.25 bits per heavy atom. The Hall–Kier alpha value is -3.07. The number of allylic oxidation sites excluding steroid dienone is 6. The molecule has 0 unspecified atom stereocenters. The van der Waals surface area contributed by atoms with Gasteiger partial charge in [-0.1, -0.05) is 70.2 Å². The Bertz CT molecular complexity index is 1130. The summed E-state index contributed by atoms with van der Waals surface area (Å²) in [7, 11) is 0. The highest BCUT2D eigenvalue weighted by atomic mass is 16.1. The molecule has 2 aromatic rings. The van der Waals surface area contributed by atoms with Gasteiger partial charge in [-0.25, -0.2) is 0 Å². The number of likely N-dealkylation sites (N-methyl/N-ethyl adjacent to an activating group) is 2. The van der Waals surface area contributed by atoms with Crippen LogP contribution in [-0.4, -0.2) is 18.9 Å². The highest BCUT2D eigenvalue weighted by Crippen LogP contribution is 2.48. The van der Waals surface area contributed by atoms with Crippen molar-refractivity contribution in [3.63, 3.8) is 0 Å². The summed E-state index contributed by atoms with van der Waals surface area (Å²) in [5.41, 5.74) is 7.07. The van der Waals surface area contributed by atoms with E-state index in [1.807, 2.05) is 12.2 Å². The summed E-state index contributed by atoms with van der Waals surface area (Å²) in [6.45, 7) is 14.9. The Morgan fingerprint density at radius 3 is 1.78 bits per heavy atom. The van der Waals surface area contributed by atoms with Crippen molar-refractivity contribution in [2.45, 2.75) is 52.4 Å². The van der Waals surface area contributed by atoms with E-state index in [0.717, 1.165) is 18.8 Å². The third-order valence-electron chi connectivity index (χ3n) is 7.02. The van der Waals surface area contributed by atoms with Crippen molar-refractivity contribution in [3.05, 3.63) is 95.4 Å². The largest absolute Gasteiger partial charge is 0.344 e. The first-order valence-corrected chi connectivity index (χ1v) is 11.6. The number of benzene rings is 2. The molecule has 0 N–H and O–H groups in total. The maximum Gasteiger partial charge on any atom is 0.180 e. The highest BCUT2D eigenvalue weighted by molar-refractivity contribution is 6.01. The topological polar surface area (TPSA) is 23.6 Å². The maximum absolute atomic E-state index is 13.0. The second kappa shape index (κ2) is 8.12. The maximum atomic E-state index is 13.0. The van der Waals surface area contributed by atoms with Crippen LogP contribution in [0.1, 0.15) is 52.7 Å². The molecule has 0 spiro atoms. The van der Waals surface area contributed by atoms with Crippen molar-refractivity contribution in [1.29, 1.82) is 0 Å². The first kappa shape index (κ1) is 22.1. The normalized spacial score (nSPS) is 20.9. The van der Waals surface area contributed by atoms with Gasteiger partial charge >= 0.3 is 0 Å². The molecular formula is C29H34N2O. The molecular weight excluding hydrogens is 392 g/mol. The summed E-state index contributed by atoms with van der Waals surface area (Å²) in [5.74, 6) is 0.0209. The van der Waals surface area contributed by atoms with Crippen LogP contribution in [-0.2, 0) is 15.6 Å². The first-order chi connectivity index (χ1) is 15.2. The van der Waals surface area contributed by atoms with Gasteiger partial charge < -0.3 is 9.80 Å². The number of carbonyl (C=O) groups excluding carboxylic acids is 1. The van der Waals surface area contributed by atoms with E-state index in [0.29, 0.717) is 0 Å². The van der Waals surface area contributed by atoms with Gasteiger partial charge in [0.15, 0.2) is 5.78 Å². The van der Waals surface area contributed by atoms with Crippen LogP contribution in [0.2, 0.25) is 0 Å². The van der Waals surface area contributed by atoms with Gasteiger partial charge in [-0.3, -0.25) is 4.79 Å². The number of nitrogens with zero attached hydrogens (tertiary/aromatic N) is 2. The fraction of sp³-hybridized carbons (Fsp3) is 0.345. The lowest BCUT2D eigenvalue weighted by molar-refractivity contribution is -0.110. The van der Waals surface area contributed by atoms with Crippen LogP contribution in [0.5, 0.6) is 0 Å². The zero-order chi connectivity index (χ0) is 23.1. The zero-order valence-electron chi connectivity index (χ0n) is 20.1. The van der Waals surface area contributed by atoms with Gasteiger partial charge in [0.25, 0.3) is 0 Å². The number of carbonyl (C=O) groups is 1. The highest BCUT2D eigenvalue weighted by Gasteiger charge is 2.40. The lowest BCUT2D eigenvalue weighted by Gasteiger charge is -2.26. The van der Waals surface area contributed by atoms with Crippen molar-refractivity contribution < 1.29 is 4.79 Å². The third kappa shape index (κ3) is 3.40. The van der Waals surface area contributed by atoms with Crippen LogP contribution in [0, 0.1) is 0 Å². The number of anilines is 2. The summed E-state index contributed by atoms with van der Waals surface area (Å²) >= 11 is 0. The minimum absolute atomic E-state index is 0.0209. The molecule has 0 aliphatic carbocycles. The predicted octanol–water partition coefficient (Wildman–Crippen LogP) is 6.51. The molecule has 2 heterocycles. The molecule has 0 saturated carbocycles. The van der Waals surface area contributed by atoms with Crippen molar-refractivity contribution in [2.24, 2.45) is 0 Å². The molecule has 0 bridgehead atoms. The molecule has 0 atom stereocenters. The monoisotopic (exact) mass is 426 g/mol. The Kier molecular flexibility index (Phi) is 5.62. The summed E-state index contributed by atoms with van der Waals surface area (Å²) in [6, 6.07) is 17.0. The summed E-state index contributed by atoms with van der Waals surface area (Å²) < 4.78 is 0. The fourth-order valence-corrected chi connectivity index (χ4v) is 5.34. The van der Waals surface area contributed by atoms with E-state index in [1.165, 1.54) is 28.2 Å². The lowest BCUT2D eigenvalue weighted by atomic mass is 9.83. The quantitative estimate of drug-likeness (QED) is 0.509. The first-order valence-electron chi connectivity index (χ1n) is 11.6. The minimum atomic E-state index is -0.192. The van der Waals surface area contributed by atoms with Crippen LogP contribution >= 0.6 is 0 Å². The van der Waals surface area contributed by atoms with Crippen LogP contribution in [0.3, 0.4) is 0 Å². The molecule has 0 saturated heterocycles. The lowest BCUT2D eigenvalue weighted by Crippen LogP contribution is -2.26. The second-order valence-electron chi connectivity index (χ2n) is 9.62. The number of rotatable bonds is 5. The van der Waals surface area contributed by atoms with E-state index in [4.69, 9.17) is 0 Å². The van der Waals surface area contributed by atoms with Gasteiger partial charge in [0, 0.05) is 52.8 Å². The molecule has 2 aliphatic heterocycles. The van der Waals surface area contributed by atoms with Gasteiger partial charge in [-0.05, 0) is 49.3 Å². The summed E-state index contributed by atoms with van der Waals surface area (Å²) in [4.78, 5) is 17.6. The van der Waals surface area contributed by atoms with E-state index >= 15 is 0 Å². The standard InChI is InChI=1S/C29H34N2O/c1-7-30-24-17-11-9-15-22(24)28(3,4)26(30)19-13-14-21(32)20-27-29(5,6)23-16-10-12-18-25(23)31(27)8-2/h9-20H,7-8H2,1-6H3/b14-13+,26-19+,27-20+. The Morgan fingerprint density at radius 1 is 0.781 bits per heavy atom. The van der Waals surface area contributed by atoms with Crippen LogP contribution in [0.4, 0.5) is 11.4 Å². The molecule has 0 amide bonds. The van der Waals surface area contributed by atoms with Crippen molar-refractivity contribution >= 4 is 17.2 Å². The molecule has 32 heavy (non-hydrogen) atoms. The van der Waals surface area contributed by atoms with Crippen LogP contribution < -0.4 is 9.80 Å². The van der Waals surface area contributed by atoms with Gasteiger partial charge in [-0.15, -0.1) is 0 Å². The molecule has 0 radical (unpaired) electrons. The van der Waals surface area contributed by atoms with Crippen LogP contribution in [0.25, 0.3) is 0 Å². The van der Waals surface area contributed by atoms with Gasteiger partial charge in [0.05, 0.1) is 0 Å². The summed E-state index contributed by atoms with van der Waals surface area (Å²) in [5, 5.41) is 0. The van der Waals surface area contributed by atoms with E-state index in [1.54, 1.807) is 6.08 Å². The zero-order valence-corrected chi connectivity index (χ0v) is 20.1. The Balaban J connectivity index is 1.62. The van der Waals surface area contributed by atoms with Crippen molar-refractivity contribution in [3.8, 4) is 0 Å². The van der Waals surface area contributed by atoms with Gasteiger partial charge in [0.1, 0.15) is 0 Å². The molecule has 0 aromatic heterocycles. The smallest absolute Gasteiger partial charge is 0.180 e. The van der Waals surface area contributed by atoms with Crippen molar-refractivity contribution in [1.82, 2.24) is 0 Å². The average molecular weight is 427 g/mol. The number of ketones is 1. The summed E-state index contributed by atoms with van der Waals surface area (Å²) in [6.07, 6.45) is 7.52. The van der Waals surface area contributed by atoms with E-state index in [2.05, 4.69) is 106 Å². The number of fused-ring (bicyclic) bond motifs is 2. The third-order valence-corrected chi connectivity index (χ3v) is 7.02. The number of para-hydroxylation sites is 2. The number of hydrogen-bond acceptors (Lipinski definition) is 3. The fourth-order valence-electron chi connectivity index (χ4n) is 5.34. The van der Waals surface area contributed by atoms with E-state index in [-0.39, 0.29) is 16.6 Å². The molecule has 2 aliphatic rings. The van der Waals surface area contributed by atoms with Crippen molar-refractivity contribution in [2.75, 3.05) is 22.9 Å². The molecule has 3 heteroatoms. The molecule has 3 nitrogen and oxygen atoms in total. The Labute approximate surface area is 192 Å². The predicted molar refractivity (Wildman–Crippen MR) is 135 cm³/mol. The van der Waals surface area contributed by atoms with Crippen LogP contribution in [0.15, 0.2) is 84.2 Å². The SMILES string of the molecule is CCN1/C(=C/C=C/C(=O)/C=C2/N(CC)c3ccccc3C2(C)C)C(C)(C)c2ccccc21. The minimum Gasteiger partial charge on any atom is -0.344 e. The van der Waals surface area contributed by atoms with E-state index in [9.17, 15) is 4.79 Å². The second-order valence-corrected chi connectivity index (χ2v) is 9.62.